The molecule has 28 nitrogen and oxygen atoms in total. The Bertz CT molecular complexity index is 4160. The van der Waals surface area contributed by atoms with Gasteiger partial charge in [-0.15, -0.1) is 0 Å². The Labute approximate surface area is 646 Å². The van der Waals surface area contributed by atoms with Gasteiger partial charge in [0.25, 0.3) is 11.8 Å². The van der Waals surface area contributed by atoms with E-state index in [2.05, 4.69) is 178 Å². The SMILES string of the molecule is CC.CC.CC(=S)Nc1cnc(N2CCOCC2)nc1.Cc1cc(C)c(C(C)C)cc1-c1n[nH]c(=S)n1-c1cnc(N2CCOCC2)nc1.Cc1cc(C)c(C(C)C)cc1C(=O)NN.Cc1cc(C)c(C(C)C)cc1C(=O)NNC(=S)Nc1cnc(N2CCOCC2)nc1.Nc1cnc(N2CCOCC2)nc1. The number of nitrogens with two attached hydrogens (primary N) is 2. The molecule has 4 fully saturated rings. The molecule has 0 saturated carbocycles. The van der Waals surface area contributed by atoms with Crippen molar-refractivity contribution in [2.24, 2.45) is 5.84 Å². The number of aryl methyl sites for hydroxylation is 6. The molecule has 0 bridgehead atoms. The zero-order valence-electron chi connectivity index (χ0n) is 65.2. The molecule has 0 aliphatic carbocycles. The van der Waals surface area contributed by atoms with E-state index in [9.17, 15) is 9.59 Å². The normalized spacial score (nSPS) is 13.9. The van der Waals surface area contributed by atoms with Gasteiger partial charge in [-0.1, -0.05) is 99.7 Å². The fourth-order valence-electron chi connectivity index (χ4n) is 11.8. The number of anilines is 7. The highest BCUT2D eigenvalue weighted by molar-refractivity contribution is 7.80. The van der Waals surface area contributed by atoms with E-state index in [-0.39, 0.29) is 16.9 Å². The first-order valence-electron chi connectivity index (χ1n) is 36.4. The molecule has 12 rings (SSSR count). The number of rotatable bonds is 13. The monoisotopic (exact) mass is 1520 g/mol. The van der Waals surface area contributed by atoms with Crippen molar-refractivity contribution in [1.82, 2.24) is 70.9 Å². The molecule has 107 heavy (non-hydrogen) atoms. The fourth-order valence-corrected chi connectivity index (χ4v) is 12.3. The van der Waals surface area contributed by atoms with Crippen molar-refractivity contribution in [2.75, 3.05) is 141 Å². The van der Waals surface area contributed by atoms with Crippen molar-refractivity contribution in [1.29, 1.82) is 0 Å². The lowest BCUT2D eigenvalue weighted by Crippen LogP contribution is -2.44. The van der Waals surface area contributed by atoms with Crippen LogP contribution in [0.3, 0.4) is 0 Å². The van der Waals surface area contributed by atoms with Gasteiger partial charge in [-0.05, 0) is 159 Å². The third-order valence-corrected chi connectivity index (χ3v) is 17.7. The Balaban J connectivity index is 0.000000215. The lowest BCUT2D eigenvalue weighted by atomic mass is 9.93. The smallest absolute Gasteiger partial charge is 0.269 e. The maximum atomic E-state index is 12.6. The number of aromatic nitrogens is 11. The highest BCUT2D eigenvalue weighted by Gasteiger charge is 2.22. The van der Waals surface area contributed by atoms with E-state index < -0.39 is 0 Å². The predicted octanol–water partition coefficient (Wildman–Crippen LogP) is 11.7. The number of nitrogens with zero attached hydrogens (tertiary/aromatic N) is 14. The van der Waals surface area contributed by atoms with Crippen LogP contribution in [0.5, 0.6) is 0 Å². The Morgan fingerprint density at radius 2 is 0.804 bits per heavy atom. The average molecular weight is 1520 g/mol. The number of hydrazine groups is 2. The van der Waals surface area contributed by atoms with Gasteiger partial charge >= 0.3 is 0 Å². The van der Waals surface area contributed by atoms with Crippen molar-refractivity contribution in [2.45, 2.75) is 135 Å². The lowest BCUT2D eigenvalue weighted by molar-refractivity contribution is 0.0939. The summed E-state index contributed by atoms with van der Waals surface area (Å²) in [4.78, 5) is 67.9. The van der Waals surface area contributed by atoms with E-state index in [4.69, 9.17) is 67.2 Å². The molecule has 0 spiro atoms. The van der Waals surface area contributed by atoms with E-state index in [1.807, 2.05) is 77.3 Å². The van der Waals surface area contributed by atoms with Crippen LogP contribution >= 0.6 is 36.7 Å². The Kier molecular flexibility index (Phi) is 35.7. The van der Waals surface area contributed by atoms with Gasteiger partial charge in [-0.3, -0.25) is 35.5 Å². The topological polar surface area (TPSA) is 333 Å². The van der Waals surface area contributed by atoms with Crippen molar-refractivity contribution < 1.29 is 28.5 Å². The molecule has 10 N–H and O–H groups in total. The number of aromatic amines is 1. The first-order valence-corrected chi connectivity index (χ1v) is 37.6. The summed E-state index contributed by atoms with van der Waals surface area (Å²) < 4.78 is 23.7. The van der Waals surface area contributed by atoms with Gasteiger partial charge in [0.05, 0.1) is 130 Å². The number of ether oxygens (including phenoxy) is 4. The number of nitrogens with one attached hydrogen (secondary N) is 6. The molecule has 0 radical (unpaired) electrons. The summed E-state index contributed by atoms with van der Waals surface area (Å²) in [6.07, 6.45) is 13.7. The zero-order chi connectivity index (χ0) is 78.3. The summed E-state index contributed by atoms with van der Waals surface area (Å²) >= 11 is 15.7. The van der Waals surface area contributed by atoms with Crippen LogP contribution in [0, 0.1) is 46.3 Å². The molecule has 0 atom stereocenters. The molecule has 4 saturated heterocycles. The standard InChI is InChI=1S/C21H28N6O2S.C21H26N6OS.C12H18N2O.C10H14N4OS.C8H12N4O.2C2H6/c1-13(2)17-10-18(15(4)9-14(17)3)19(28)25-26-21(30)24-16-11-22-20(23-12-16)27-5-7-29-8-6-27;1-13(2)17-10-18(15(4)9-14(17)3)19-24-25-21(29)27(19)16-11-22-20(23-12-16)26-5-7-28-8-6-26;1-7(2)10-6-11(12(15)14-13)9(4)5-8(10)3;1-8(16)13-9-6-11-10(12-7-9)14-2-4-15-5-3-14;9-7-5-10-8(11-6-7)12-1-3-13-4-2-12;2*1-2/h9-13H,5-8H2,1-4H3,(H,25,28)(H2,24,26,30);9-13H,5-8H2,1-4H3,(H,25,29);5-7H,13H2,1-4H3,(H,14,15);6-7H,2-5H2,1H3,(H,13,16);5-6H,1-4,9H2;2*1-2H3. The first kappa shape index (κ1) is 86.6. The van der Waals surface area contributed by atoms with Gasteiger partial charge in [-0.25, -0.2) is 45.7 Å². The van der Waals surface area contributed by atoms with Gasteiger partial charge < -0.3 is 54.9 Å². The number of thiocarbonyl (C=S) groups is 2. The summed E-state index contributed by atoms with van der Waals surface area (Å²) in [7, 11) is 0. The van der Waals surface area contributed by atoms with Crippen LogP contribution in [-0.4, -0.2) is 182 Å². The molecule has 578 valence electrons. The van der Waals surface area contributed by atoms with Crippen molar-refractivity contribution >= 4 is 99.4 Å². The molecule has 9 heterocycles. The number of amides is 2. The van der Waals surface area contributed by atoms with Crippen molar-refractivity contribution in [3.8, 4) is 17.1 Å². The van der Waals surface area contributed by atoms with E-state index in [0.717, 1.165) is 136 Å². The quantitative estimate of drug-likeness (QED) is 0.0230. The van der Waals surface area contributed by atoms with E-state index >= 15 is 0 Å². The number of benzene rings is 3. The highest BCUT2D eigenvalue weighted by atomic mass is 32.1. The number of nitrogen functional groups attached to an aromatic ring is 2. The lowest BCUT2D eigenvalue weighted by Gasteiger charge is -2.26. The minimum absolute atomic E-state index is 0.227. The fraction of sp³-hybridized carbons (Fsp3) is 0.474. The first-order chi connectivity index (χ1) is 51.4. The van der Waals surface area contributed by atoms with Crippen LogP contribution in [0.15, 0.2) is 86.0 Å². The van der Waals surface area contributed by atoms with E-state index in [1.165, 1.54) is 27.8 Å². The molecular formula is C76H110N22O6S3. The summed E-state index contributed by atoms with van der Waals surface area (Å²) in [5.74, 6) is 9.48. The molecule has 0 unspecified atom stereocenters. The summed E-state index contributed by atoms with van der Waals surface area (Å²) in [6.45, 7) is 47.2. The largest absolute Gasteiger partial charge is 0.396 e. The molecule has 5 aromatic heterocycles. The third kappa shape index (κ3) is 26.0. The van der Waals surface area contributed by atoms with Crippen LogP contribution in [0.4, 0.5) is 40.9 Å². The predicted molar refractivity (Wildman–Crippen MR) is 439 cm³/mol. The maximum Gasteiger partial charge on any atom is 0.269 e. The molecule has 31 heteroatoms. The molecule has 2 amide bonds. The number of carbonyl (C=O) groups is 2. The molecular weight excluding hydrogens is 1410 g/mol. The van der Waals surface area contributed by atoms with Gasteiger partial charge in [0, 0.05) is 69.0 Å². The number of carbonyl (C=O) groups excluding carboxylic acids is 2. The van der Waals surface area contributed by atoms with Gasteiger partial charge in [0.2, 0.25) is 23.8 Å². The van der Waals surface area contributed by atoms with Gasteiger partial charge in [0.1, 0.15) is 0 Å². The van der Waals surface area contributed by atoms with E-state index in [0.29, 0.717) is 88.3 Å². The zero-order valence-corrected chi connectivity index (χ0v) is 67.7. The van der Waals surface area contributed by atoms with Crippen LogP contribution < -0.4 is 58.1 Å². The summed E-state index contributed by atoms with van der Waals surface area (Å²) in [5, 5.41) is 13.7. The second-order valence-electron chi connectivity index (χ2n) is 25.9. The third-order valence-electron chi connectivity index (χ3n) is 17.1. The summed E-state index contributed by atoms with van der Waals surface area (Å²) in [6, 6.07) is 12.4. The second-order valence-corrected chi connectivity index (χ2v) is 27.3. The van der Waals surface area contributed by atoms with Gasteiger partial charge in [0.15, 0.2) is 15.7 Å². The molecule has 4 aliphatic rings. The van der Waals surface area contributed by atoms with Crippen LogP contribution in [-0.2, 0) is 18.9 Å². The van der Waals surface area contributed by atoms with Crippen molar-refractivity contribution in [3.05, 3.63) is 152 Å². The molecule has 3 aromatic carbocycles. The average Bonchev–Trinajstić information content (AvgIpc) is 1.74. The Morgan fingerprint density at radius 1 is 0.467 bits per heavy atom. The van der Waals surface area contributed by atoms with Crippen LogP contribution in [0.2, 0.25) is 0 Å². The minimum atomic E-state index is -0.238. The highest BCUT2D eigenvalue weighted by Crippen LogP contribution is 2.32. The van der Waals surface area contributed by atoms with Gasteiger partial charge in [-0.2, -0.15) is 5.10 Å². The number of H-pyrrole nitrogens is 1. The Morgan fingerprint density at radius 3 is 1.17 bits per heavy atom. The second kappa shape index (κ2) is 44.1. The van der Waals surface area contributed by atoms with E-state index in [1.54, 1.807) is 49.6 Å². The number of hydrogen-bond donors (Lipinski definition) is 8. The Hall–Kier alpha value is -9.34. The molecule has 4 aliphatic heterocycles. The van der Waals surface area contributed by atoms with Crippen LogP contribution in [0.1, 0.15) is 165 Å². The number of morpholine rings is 4. The minimum Gasteiger partial charge on any atom is -0.396 e. The summed E-state index contributed by atoms with van der Waals surface area (Å²) in [5.41, 5.74) is 28.6. The molecule has 8 aromatic rings. The van der Waals surface area contributed by atoms with Crippen molar-refractivity contribution in [3.63, 3.8) is 0 Å². The number of hydrogen-bond acceptors (Lipinski definition) is 24. The van der Waals surface area contributed by atoms with Crippen LogP contribution in [0.25, 0.3) is 17.1 Å². The maximum absolute atomic E-state index is 12.6.